The van der Waals surface area contributed by atoms with Crippen LogP contribution in [0.15, 0.2) is 57.5 Å². The molecule has 0 aliphatic rings. The monoisotopic (exact) mass is 388 g/mol. The zero-order valence-electron chi connectivity index (χ0n) is 14.3. The number of hydrogen-bond donors (Lipinski definition) is 2. The minimum absolute atomic E-state index is 0.00576. The van der Waals surface area contributed by atoms with Gasteiger partial charge in [-0.2, -0.15) is 0 Å². The van der Waals surface area contributed by atoms with Gasteiger partial charge in [0.25, 0.3) is 0 Å². The average molecular weight is 389 g/mol. The molecule has 0 radical (unpaired) electrons. The van der Waals surface area contributed by atoms with Gasteiger partial charge in [-0.05, 0) is 31.0 Å². The van der Waals surface area contributed by atoms with E-state index in [1.54, 1.807) is 6.26 Å². The Morgan fingerprint density at radius 1 is 1.23 bits per heavy atom. The van der Waals surface area contributed by atoms with Gasteiger partial charge in [-0.1, -0.05) is 53.4 Å². The van der Waals surface area contributed by atoms with Crippen LogP contribution in [-0.4, -0.2) is 27.9 Å². The summed E-state index contributed by atoms with van der Waals surface area (Å²) in [6, 6.07) is 13.8. The highest BCUT2D eigenvalue weighted by Gasteiger charge is 2.16. The minimum atomic E-state index is -0.225. The fraction of sp³-hybridized carbons (Fsp3) is 0.278. The van der Waals surface area contributed by atoms with Crippen LogP contribution in [0.5, 0.6) is 0 Å². The normalized spacial score (nSPS) is 11.9. The molecule has 3 rings (SSSR count). The number of nitrogens with zero attached hydrogens (tertiary/aromatic N) is 2. The second kappa shape index (κ2) is 9.40. The van der Waals surface area contributed by atoms with Crippen LogP contribution >= 0.6 is 23.1 Å². The summed E-state index contributed by atoms with van der Waals surface area (Å²) in [7, 11) is 0. The predicted octanol–water partition coefficient (Wildman–Crippen LogP) is 3.58. The van der Waals surface area contributed by atoms with Gasteiger partial charge in [-0.3, -0.25) is 4.79 Å². The van der Waals surface area contributed by atoms with Gasteiger partial charge in [-0.15, -0.1) is 10.2 Å². The zero-order valence-corrected chi connectivity index (χ0v) is 16.0. The molecular formula is C18H20N4O2S2. The Bertz CT molecular complexity index is 806. The van der Waals surface area contributed by atoms with E-state index >= 15 is 0 Å². The third kappa shape index (κ3) is 5.60. The van der Waals surface area contributed by atoms with E-state index in [-0.39, 0.29) is 11.2 Å². The first kappa shape index (κ1) is 18.5. The van der Waals surface area contributed by atoms with Crippen LogP contribution in [0.1, 0.15) is 18.2 Å². The first-order chi connectivity index (χ1) is 12.7. The summed E-state index contributed by atoms with van der Waals surface area (Å²) >= 11 is 2.84. The number of benzene rings is 1. The summed E-state index contributed by atoms with van der Waals surface area (Å²) in [5.41, 5.74) is 1.21. The van der Waals surface area contributed by atoms with Gasteiger partial charge in [0.05, 0.1) is 18.1 Å². The van der Waals surface area contributed by atoms with Crippen molar-refractivity contribution in [2.45, 2.75) is 29.5 Å². The molecule has 0 saturated carbocycles. The lowest BCUT2D eigenvalue weighted by atomic mass is 10.1. The van der Waals surface area contributed by atoms with Crippen LogP contribution in [-0.2, 0) is 17.8 Å². The number of anilines is 1. The van der Waals surface area contributed by atoms with Crippen molar-refractivity contribution in [2.24, 2.45) is 0 Å². The van der Waals surface area contributed by atoms with E-state index in [4.69, 9.17) is 4.42 Å². The van der Waals surface area contributed by atoms with E-state index < -0.39 is 0 Å². The number of rotatable bonds is 9. The number of amides is 1. The van der Waals surface area contributed by atoms with Crippen LogP contribution in [0.4, 0.5) is 5.13 Å². The summed E-state index contributed by atoms with van der Waals surface area (Å²) in [4.78, 5) is 12.2. The highest BCUT2D eigenvalue weighted by Crippen LogP contribution is 2.29. The van der Waals surface area contributed by atoms with Crippen molar-refractivity contribution >= 4 is 34.1 Å². The topological polar surface area (TPSA) is 80.1 Å². The summed E-state index contributed by atoms with van der Waals surface area (Å²) in [6.07, 6.45) is 2.46. The lowest BCUT2D eigenvalue weighted by Gasteiger charge is -2.10. The van der Waals surface area contributed by atoms with E-state index in [1.807, 2.05) is 37.3 Å². The number of carbonyl (C=O) groups excluding carboxylic acids is 1. The van der Waals surface area contributed by atoms with Crippen LogP contribution in [0.25, 0.3) is 0 Å². The fourth-order valence-corrected chi connectivity index (χ4v) is 4.14. The van der Waals surface area contributed by atoms with Gasteiger partial charge < -0.3 is 15.1 Å². The molecule has 0 saturated heterocycles. The molecule has 2 aromatic heterocycles. The lowest BCUT2D eigenvalue weighted by Crippen LogP contribution is -2.32. The Morgan fingerprint density at radius 2 is 2.08 bits per heavy atom. The fourth-order valence-electron chi connectivity index (χ4n) is 2.23. The van der Waals surface area contributed by atoms with Gasteiger partial charge in [0.1, 0.15) is 5.76 Å². The Hall–Kier alpha value is -2.32. The summed E-state index contributed by atoms with van der Waals surface area (Å²) in [5.74, 6) is 0.840. The Morgan fingerprint density at radius 3 is 2.85 bits per heavy atom. The van der Waals surface area contributed by atoms with Crippen LogP contribution in [0.2, 0.25) is 0 Å². The second-order valence-electron chi connectivity index (χ2n) is 5.59. The molecule has 0 spiro atoms. The molecule has 26 heavy (non-hydrogen) atoms. The molecule has 1 aromatic carbocycles. The Labute approximate surface area is 160 Å². The van der Waals surface area contributed by atoms with Crippen molar-refractivity contribution in [1.82, 2.24) is 15.5 Å². The molecule has 6 nitrogen and oxygen atoms in total. The molecule has 2 heterocycles. The van der Waals surface area contributed by atoms with E-state index in [9.17, 15) is 4.79 Å². The number of hydrogen-bond acceptors (Lipinski definition) is 7. The molecule has 0 aliphatic heterocycles. The van der Waals surface area contributed by atoms with Crippen molar-refractivity contribution in [3.05, 3.63) is 60.1 Å². The van der Waals surface area contributed by atoms with Crippen molar-refractivity contribution in [3.63, 3.8) is 0 Å². The predicted molar refractivity (Wildman–Crippen MR) is 104 cm³/mol. The maximum absolute atomic E-state index is 12.2. The molecule has 8 heteroatoms. The van der Waals surface area contributed by atoms with Crippen molar-refractivity contribution < 1.29 is 9.21 Å². The van der Waals surface area contributed by atoms with Crippen LogP contribution in [0.3, 0.4) is 0 Å². The molecule has 0 bridgehead atoms. The Balaban J connectivity index is 1.40. The van der Waals surface area contributed by atoms with E-state index in [1.165, 1.54) is 28.7 Å². The van der Waals surface area contributed by atoms with E-state index in [0.29, 0.717) is 18.2 Å². The van der Waals surface area contributed by atoms with Gasteiger partial charge in [0.2, 0.25) is 11.0 Å². The van der Waals surface area contributed by atoms with E-state index in [0.717, 1.165) is 16.5 Å². The second-order valence-corrected chi connectivity index (χ2v) is 8.16. The van der Waals surface area contributed by atoms with Gasteiger partial charge in [-0.25, -0.2) is 0 Å². The van der Waals surface area contributed by atoms with Crippen LogP contribution in [0, 0.1) is 0 Å². The number of thioether (sulfide) groups is 1. The van der Waals surface area contributed by atoms with Gasteiger partial charge in [0.15, 0.2) is 4.34 Å². The van der Waals surface area contributed by atoms with E-state index in [2.05, 4.69) is 33.0 Å². The molecule has 1 amide bonds. The molecule has 2 N–H and O–H groups in total. The minimum Gasteiger partial charge on any atom is -0.467 e. The average Bonchev–Trinajstić information content (AvgIpc) is 3.32. The summed E-state index contributed by atoms with van der Waals surface area (Å²) in [6.45, 7) is 3.06. The van der Waals surface area contributed by atoms with Crippen LogP contribution < -0.4 is 10.6 Å². The quantitative estimate of drug-likeness (QED) is 0.546. The molecule has 3 aromatic rings. The SMILES string of the molecule is CC(Sc1nnc(NCc2ccco2)s1)C(=O)NCCc1ccccc1. The maximum Gasteiger partial charge on any atom is 0.233 e. The first-order valence-electron chi connectivity index (χ1n) is 8.29. The third-order valence-corrected chi connectivity index (χ3v) is 5.67. The number of nitrogens with one attached hydrogen (secondary N) is 2. The van der Waals surface area contributed by atoms with Crippen molar-refractivity contribution in [2.75, 3.05) is 11.9 Å². The Kier molecular flexibility index (Phi) is 6.68. The molecule has 1 atom stereocenters. The maximum atomic E-state index is 12.2. The zero-order chi connectivity index (χ0) is 18.2. The van der Waals surface area contributed by atoms with Gasteiger partial charge >= 0.3 is 0 Å². The number of carbonyl (C=O) groups is 1. The lowest BCUT2D eigenvalue weighted by molar-refractivity contribution is -0.120. The molecular weight excluding hydrogens is 368 g/mol. The molecule has 136 valence electrons. The third-order valence-electron chi connectivity index (χ3n) is 3.60. The standard InChI is InChI=1S/C18H20N4O2S2/c1-13(16(23)19-10-9-14-6-3-2-4-7-14)25-18-22-21-17(26-18)20-12-15-8-5-11-24-15/h2-8,11,13H,9-10,12H2,1H3,(H,19,23)(H,20,21). The summed E-state index contributed by atoms with van der Waals surface area (Å²) < 4.78 is 6.03. The molecule has 0 fully saturated rings. The summed E-state index contributed by atoms with van der Waals surface area (Å²) in [5, 5.41) is 14.8. The number of furan rings is 1. The number of aromatic nitrogens is 2. The van der Waals surface area contributed by atoms with Gasteiger partial charge in [0, 0.05) is 6.54 Å². The van der Waals surface area contributed by atoms with Crippen molar-refractivity contribution in [3.8, 4) is 0 Å². The largest absolute Gasteiger partial charge is 0.467 e. The highest BCUT2D eigenvalue weighted by atomic mass is 32.2. The first-order valence-corrected chi connectivity index (χ1v) is 9.98. The highest BCUT2D eigenvalue weighted by molar-refractivity contribution is 8.02. The smallest absolute Gasteiger partial charge is 0.233 e. The molecule has 0 aliphatic carbocycles. The molecule has 1 unspecified atom stereocenters. The van der Waals surface area contributed by atoms with Crippen molar-refractivity contribution in [1.29, 1.82) is 0 Å².